The number of ketones is 1. The number of oxazole rings is 1. The van der Waals surface area contributed by atoms with Gasteiger partial charge in [-0.2, -0.15) is 4.31 Å². The lowest BCUT2D eigenvalue weighted by Crippen LogP contribution is -2.27. The number of esters is 1. The van der Waals surface area contributed by atoms with E-state index in [0.29, 0.717) is 13.1 Å². The van der Waals surface area contributed by atoms with Gasteiger partial charge in [0.05, 0.1) is 21.4 Å². The van der Waals surface area contributed by atoms with Crippen LogP contribution in [0.25, 0.3) is 11.1 Å². The summed E-state index contributed by atoms with van der Waals surface area (Å²) in [6.45, 7) is -0.257. The fourth-order valence-electron chi connectivity index (χ4n) is 3.61. The number of fused-ring (bicyclic) bond motifs is 1. The minimum Gasteiger partial charge on any atom is -0.456 e. The Labute approximate surface area is 192 Å². The zero-order valence-electron chi connectivity index (χ0n) is 17.7. The predicted molar refractivity (Wildman–Crippen MR) is 117 cm³/mol. The largest absolute Gasteiger partial charge is 0.456 e. The molecule has 0 radical (unpaired) electrons. The van der Waals surface area contributed by atoms with E-state index >= 15 is 0 Å². The first kappa shape index (κ1) is 23.3. The van der Waals surface area contributed by atoms with E-state index in [4.69, 9.17) is 9.15 Å². The van der Waals surface area contributed by atoms with Crippen LogP contribution in [0.2, 0.25) is 0 Å². The Morgan fingerprint density at radius 1 is 1.09 bits per heavy atom. The summed E-state index contributed by atoms with van der Waals surface area (Å²) in [4.78, 5) is 46.8. The Morgan fingerprint density at radius 2 is 1.76 bits per heavy atom. The molecule has 0 spiro atoms. The van der Waals surface area contributed by atoms with Crippen molar-refractivity contribution in [3.05, 3.63) is 68.7 Å². The highest BCUT2D eigenvalue weighted by molar-refractivity contribution is 7.89. The Balaban J connectivity index is 1.39. The van der Waals surface area contributed by atoms with Gasteiger partial charge in [0.1, 0.15) is 6.54 Å². The molecule has 0 aliphatic carbocycles. The fraction of sp³-hybridized carbons (Fsp3) is 0.286. The normalized spacial score (nSPS) is 14.4. The topological polar surface area (TPSA) is 159 Å². The number of Topliss-reactive ketones (excluding diaryl/α,β-unsaturated/α-hetero) is 1. The summed E-state index contributed by atoms with van der Waals surface area (Å²) in [6.07, 6.45) is 1.61. The van der Waals surface area contributed by atoms with Gasteiger partial charge in [0.25, 0.3) is 5.69 Å². The maximum absolute atomic E-state index is 12.6. The molecule has 4 rings (SSSR count). The van der Waals surface area contributed by atoms with Gasteiger partial charge in [0.2, 0.25) is 10.0 Å². The molecule has 1 aromatic heterocycles. The maximum atomic E-state index is 12.6. The van der Waals surface area contributed by atoms with Crippen molar-refractivity contribution in [1.29, 1.82) is 0 Å². The standard InChI is InChI=1S/C21H19N3O9S/c25-18(14-3-6-16(7-4-14)34(30,31)22-9-1-2-10-22)13-32-20(26)12-23-17-8-5-15(24(28)29)11-19(17)33-21(23)27/h3-8,11H,1-2,9-10,12-13H2. The molecule has 1 aliphatic heterocycles. The lowest BCUT2D eigenvalue weighted by atomic mass is 10.1. The van der Waals surface area contributed by atoms with E-state index in [1.54, 1.807) is 0 Å². The molecule has 0 saturated carbocycles. The summed E-state index contributed by atoms with van der Waals surface area (Å²) in [5.41, 5.74) is -0.0204. The molecule has 1 fully saturated rings. The number of carbonyl (C=O) groups is 2. The molecule has 178 valence electrons. The third kappa shape index (κ3) is 4.61. The molecule has 0 amide bonds. The Hall–Kier alpha value is -3.84. The van der Waals surface area contributed by atoms with E-state index in [0.717, 1.165) is 29.5 Å². The number of rotatable bonds is 8. The van der Waals surface area contributed by atoms with E-state index < -0.39 is 45.6 Å². The van der Waals surface area contributed by atoms with Crippen LogP contribution in [0.5, 0.6) is 0 Å². The van der Waals surface area contributed by atoms with E-state index in [-0.39, 0.29) is 27.2 Å². The number of carbonyl (C=O) groups excluding carboxylic acids is 2. The second-order valence-corrected chi connectivity index (χ2v) is 9.52. The van der Waals surface area contributed by atoms with Crippen LogP contribution in [0.3, 0.4) is 0 Å². The molecular weight excluding hydrogens is 470 g/mol. The SMILES string of the molecule is O=C(Cn1c(=O)oc2cc([N+](=O)[O-])ccc21)OCC(=O)c1ccc(S(=O)(=O)N2CCCC2)cc1. The number of nitro benzene ring substituents is 1. The minimum atomic E-state index is -3.61. The molecule has 0 atom stereocenters. The molecule has 1 saturated heterocycles. The average Bonchev–Trinajstić information content (AvgIpc) is 3.46. The molecule has 1 aliphatic rings. The summed E-state index contributed by atoms with van der Waals surface area (Å²) < 4.78 is 37.3. The van der Waals surface area contributed by atoms with E-state index in [9.17, 15) is 32.9 Å². The third-order valence-corrected chi connectivity index (χ3v) is 7.31. The van der Waals surface area contributed by atoms with Crippen LogP contribution in [0, 0.1) is 10.1 Å². The molecular formula is C21H19N3O9S. The summed E-state index contributed by atoms with van der Waals surface area (Å²) in [5.74, 6) is -2.36. The van der Waals surface area contributed by atoms with Crippen LogP contribution in [-0.2, 0) is 26.1 Å². The van der Waals surface area contributed by atoms with Crippen LogP contribution >= 0.6 is 0 Å². The van der Waals surface area contributed by atoms with Gasteiger partial charge >= 0.3 is 11.7 Å². The number of non-ortho nitro benzene ring substituents is 1. The predicted octanol–water partition coefficient (Wildman–Crippen LogP) is 1.71. The number of ether oxygens (including phenoxy) is 1. The number of nitro groups is 1. The second-order valence-electron chi connectivity index (χ2n) is 7.58. The van der Waals surface area contributed by atoms with Crippen molar-refractivity contribution in [2.75, 3.05) is 19.7 Å². The molecule has 2 heterocycles. The first-order valence-electron chi connectivity index (χ1n) is 10.2. The smallest absolute Gasteiger partial charge is 0.420 e. The van der Waals surface area contributed by atoms with Crippen LogP contribution in [0.4, 0.5) is 5.69 Å². The number of hydrogen-bond donors (Lipinski definition) is 0. The lowest BCUT2D eigenvalue weighted by molar-refractivity contribution is -0.384. The van der Waals surface area contributed by atoms with Crippen LogP contribution < -0.4 is 5.76 Å². The van der Waals surface area contributed by atoms with Crippen molar-refractivity contribution >= 4 is 38.6 Å². The number of sulfonamides is 1. The number of nitrogens with zero attached hydrogens (tertiary/aromatic N) is 3. The van der Waals surface area contributed by atoms with Crippen LogP contribution in [0.1, 0.15) is 23.2 Å². The Morgan fingerprint density at radius 3 is 2.41 bits per heavy atom. The molecule has 12 nitrogen and oxygen atoms in total. The monoisotopic (exact) mass is 489 g/mol. The van der Waals surface area contributed by atoms with Gasteiger partial charge in [-0.1, -0.05) is 0 Å². The molecule has 0 unspecified atom stereocenters. The van der Waals surface area contributed by atoms with Crippen molar-refractivity contribution in [2.45, 2.75) is 24.3 Å². The average molecular weight is 489 g/mol. The quantitative estimate of drug-likeness (QED) is 0.199. The van der Waals surface area contributed by atoms with E-state index in [2.05, 4.69) is 0 Å². The lowest BCUT2D eigenvalue weighted by Gasteiger charge is -2.15. The van der Waals surface area contributed by atoms with Crippen molar-refractivity contribution in [3.63, 3.8) is 0 Å². The van der Waals surface area contributed by atoms with E-state index in [1.165, 1.54) is 34.6 Å². The van der Waals surface area contributed by atoms with Gasteiger partial charge in [-0.25, -0.2) is 13.2 Å². The fourth-order valence-corrected chi connectivity index (χ4v) is 5.13. The van der Waals surface area contributed by atoms with Crippen LogP contribution in [-0.4, -0.2) is 53.7 Å². The number of hydrogen-bond acceptors (Lipinski definition) is 9. The molecule has 3 aromatic rings. The number of aromatic nitrogens is 1. The van der Waals surface area contributed by atoms with Crippen LogP contribution in [0.15, 0.2) is 56.6 Å². The van der Waals surface area contributed by atoms with Gasteiger partial charge in [-0.3, -0.25) is 24.3 Å². The zero-order valence-corrected chi connectivity index (χ0v) is 18.5. The Bertz CT molecular complexity index is 1430. The zero-order chi connectivity index (χ0) is 24.5. The van der Waals surface area contributed by atoms with Gasteiger partial charge in [-0.05, 0) is 43.2 Å². The Kier molecular flexibility index (Phi) is 6.30. The van der Waals surface area contributed by atoms with Gasteiger partial charge < -0.3 is 9.15 Å². The summed E-state index contributed by atoms with van der Waals surface area (Å²) >= 11 is 0. The molecule has 0 bridgehead atoms. The maximum Gasteiger partial charge on any atom is 0.420 e. The van der Waals surface area contributed by atoms with Gasteiger partial charge in [0.15, 0.2) is 18.0 Å². The first-order chi connectivity index (χ1) is 16.2. The van der Waals surface area contributed by atoms with E-state index in [1.807, 2.05) is 0 Å². The molecule has 0 N–H and O–H groups in total. The minimum absolute atomic E-state index is 0.0629. The first-order valence-corrected chi connectivity index (χ1v) is 11.7. The van der Waals surface area contributed by atoms with Gasteiger partial charge in [-0.15, -0.1) is 0 Å². The third-order valence-electron chi connectivity index (χ3n) is 5.39. The second kappa shape index (κ2) is 9.19. The highest BCUT2D eigenvalue weighted by atomic mass is 32.2. The van der Waals surface area contributed by atoms with Gasteiger partial charge in [0, 0.05) is 24.7 Å². The summed E-state index contributed by atoms with van der Waals surface area (Å²) in [5, 5.41) is 10.8. The summed E-state index contributed by atoms with van der Waals surface area (Å²) in [6, 6.07) is 8.86. The van der Waals surface area contributed by atoms with Crippen molar-refractivity contribution in [3.8, 4) is 0 Å². The number of benzene rings is 2. The highest BCUT2D eigenvalue weighted by Gasteiger charge is 2.27. The molecule has 34 heavy (non-hydrogen) atoms. The highest BCUT2D eigenvalue weighted by Crippen LogP contribution is 2.22. The summed E-state index contributed by atoms with van der Waals surface area (Å²) in [7, 11) is -3.61. The molecule has 13 heteroatoms. The van der Waals surface area contributed by atoms with Crippen molar-refractivity contribution < 1.29 is 32.1 Å². The van der Waals surface area contributed by atoms with Crippen molar-refractivity contribution in [1.82, 2.24) is 8.87 Å². The molecule has 2 aromatic carbocycles. The van der Waals surface area contributed by atoms with Crippen molar-refractivity contribution in [2.24, 2.45) is 0 Å².